The Morgan fingerprint density at radius 3 is 2.36 bits per heavy atom. The van der Waals surface area contributed by atoms with Crippen LogP contribution in [0.15, 0.2) is 0 Å². The second kappa shape index (κ2) is 6.18. The topological polar surface area (TPSA) is 90.2 Å². The molecule has 0 aromatic carbocycles. The molecule has 2 rings (SSSR count). The van der Waals surface area contributed by atoms with Crippen molar-refractivity contribution in [3.8, 4) is 6.07 Å². The summed E-state index contributed by atoms with van der Waals surface area (Å²) in [6.45, 7) is 5.03. The van der Waals surface area contributed by atoms with Crippen LogP contribution in [0.4, 0.5) is 5.82 Å². The van der Waals surface area contributed by atoms with Crippen LogP contribution in [0, 0.1) is 25.2 Å². The average Bonchev–Trinajstić information content (AvgIpc) is 2.48. The molecule has 2 heterocycles. The van der Waals surface area contributed by atoms with E-state index in [2.05, 4.69) is 16.3 Å². The van der Waals surface area contributed by atoms with Gasteiger partial charge in [0.15, 0.2) is 5.82 Å². The zero-order valence-electron chi connectivity index (χ0n) is 13.4. The van der Waals surface area contributed by atoms with Crippen molar-refractivity contribution in [2.45, 2.75) is 32.7 Å². The van der Waals surface area contributed by atoms with Crippen LogP contribution in [0.1, 0.15) is 29.7 Å². The van der Waals surface area contributed by atoms with Crippen LogP contribution in [0.3, 0.4) is 0 Å². The highest BCUT2D eigenvalue weighted by atomic mass is 32.2. The second-order valence-corrected chi connectivity index (χ2v) is 7.76. The maximum atomic E-state index is 11.6. The molecular weight excluding hydrogens is 302 g/mol. The molecule has 22 heavy (non-hydrogen) atoms. The van der Waals surface area contributed by atoms with Crippen LogP contribution in [-0.2, 0) is 10.0 Å². The third-order valence-corrected chi connectivity index (χ3v) is 5.69. The molecule has 1 aliphatic rings. The van der Waals surface area contributed by atoms with E-state index in [1.807, 2.05) is 18.7 Å². The van der Waals surface area contributed by atoms with Crippen molar-refractivity contribution in [2.75, 3.05) is 31.3 Å². The summed E-state index contributed by atoms with van der Waals surface area (Å²) in [5, 5.41) is 17.6. The Balaban J connectivity index is 2.17. The lowest BCUT2D eigenvalue weighted by Gasteiger charge is -2.36. The highest BCUT2D eigenvalue weighted by molar-refractivity contribution is 7.88. The van der Waals surface area contributed by atoms with E-state index in [4.69, 9.17) is 0 Å². The van der Waals surface area contributed by atoms with E-state index in [9.17, 15) is 13.7 Å². The molecule has 0 bridgehead atoms. The number of sulfonamides is 1. The van der Waals surface area contributed by atoms with Gasteiger partial charge in [0.2, 0.25) is 10.0 Å². The van der Waals surface area contributed by atoms with Crippen molar-refractivity contribution in [1.29, 1.82) is 5.26 Å². The molecule has 0 amide bonds. The van der Waals surface area contributed by atoms with Gasteiger partial charge in [-0.3, -0.25) is 0 Å². The molecule has 0 spiro atoms. The third kappa shape index (κ3) is 3.20. The standard InChI is InChI=1S/C14H21N5O2S/c1-10-11(2)16-17-14(13(10)9-15)19-7-5-12(6-8-19)18(3)22(4,20)21/h12H,5-8H2,1-4H3. The van der Waals surface area contributed by atoms with Gasteiger partial charge in [0.25, 0.3) is 0 Å². The zero-order chi connectivity index (χ0) is 16.5. The van der Waals surface area contributed by atoms with E-state index < -0.39 is 10.0 Å². The first-order valence-electron chi connectivity index (χ1n) is 7.17. The Kier molecular flexibility index (Phi) is 4.68. The van der Waals surface area contributed by atoms with E-state index in [-0.39, 0.29) is 6.04 Å². The number of anilines is 1. The Hall–Kier alpha value is -1.72. The summed E-state index contributed by atoms with van der Waals surface area (Å²) in [6, 6.07) is 2.21. The zero-order valence-corrected chi connectivity index (χ0v) is 14.2. The molecule has 0 unspecified atom stereocenters. The van der Waals surface area contributed by atoms with Gasteiger partial charge in [-0.2, -0.15) is 10.4 Å². The highest BCUT2D eigenvalue weighted by Gasteiger charge is 2.29. The van der Waals surface area contributed by atoms with Gasteiger partial charge in [0.05, 0.1) is 11.9 Å². The minimum Gasteiger partial charge on any atom is -0.354 e. The quantitative estimate of drug-likeness (QED) is 0.818. The monoisotopic (exact) mass is 323 g/mol. The molecule has 1 aromatic rings. The summed E-state index contributed by atoms with van der Waals surface area (Å²) in [4.78, 5) is 2.02. The minimum absolute atomic E-state index is 0.00344. The fourth-order valence-electron chi connectivity index (χ4n) is 2.66. The molecule has 0 N–H and O–H groups in total. The van der Waals surface area contributed by atoms with Gasteiger partial charge in [-0.1, -0.05) is 0 Å². The molecule has 8 heteroatoms. The van der Waals surface area contributed by atoms with Crippen LogP contribution in [0.2, 0.25) is 0 Å². The molecule has 1 aromatic heterocycles. The Labute approximate surface area is 131 Å². The first-order valence-corrected chi connectivity index (χ1v) is 9.02. The van der Waals surface area contributed by atoms with Crippen molar-refractivity contribution >= 4 is 15.8 Å². The van der Waals surface area contributed by atoms with E-state index in [0.717, 1.165) is 11.3 Å². The lowest BCUT2D eigenvalue weighted by Crippen LogP contribution is -2.45. The predicted octanol–water partition coefficient (Wildman–Crippen LogP) is 0.825. The largest absolute Gasteiger partial charge is 0.354 e. The van der Waals surface area contributed by atoms with Crippen molar-refractivity contribution in [3.05, 3.63) is 16.8 Å². The maximum Gasteiger partial charge on any atom is 0.211 e. The predicted molar refractivity (Wildman–Crippen MR) is 84.1 cm³/mol. The molecule has 1 aliphatic heterocycles. The van der Waals surface area contributed by atoms with Gasteiger partial charge in [-0.25, -0.2) is 12.7 Å². The number of nitrogens with zero attached hydrogens (tertiary/aromatic N) is 5. The van der Waals surface area contributed by atoms with E-state index >= 15 is 0 Å². The molecule has 0 saturated carbocycles. The highest BCUT2D eigenvalue weighted by Crippen LogP contribution is 2.26. The van der Waals surface area contributed by atoms with Crippen LogP contribution in [-0.4, -0.2) is 55.4 Å². The van der Waals surface area contributed by atoms with E-state index in [0.29, 0.717) is 37.3 Å². The lowest BCUT2D eigenvalue weighted by atomic mass is 10.0. The van der Waals surface area contributed by atoms with E-state index in [1.54, 1.807) is 7.05 Å². The fraction of sp³-hybridized carbons (Fsp3) is 0.643. The Morgan fingerprint density at radius 1 is 1.27 bits per heavy atom. The van der Waals surface area contributed by atoms with Crippen molar-refractivity contribution < 1.29 is 8.42 Å². The molecular formula is C14H21N5O2S. The first kappa shape index (κ1) is 16.6. The summed E-state index contributed by atoms with van der Waals surface area (Å²) in [5.41, 5.74) is 2.16. The van der Waals surface area contributed by atoms with Crippen LogP contribution in [0.25, 0.3) is 0 Å². The molecule has 1 saturated heterocycles. The van der Waals surface area contributed by atoms with Gasteiger partial charge in [0.1, 0.15) is 11.6 Å². The first-order chi connectivity index (χ1) is 10.3. The minimum atomic E-state index is -3.18. The maximum absolute atomic E-state index is 11.6. The third-order valence-electron chi connectivity index (χ3n) is 4.35. The SMILES string of the molecule is Cc1nnc(N2CCC(N(C)S(C)(=O)=O)CC2)c(C#N)c1C. The Morgan fingerprint density at radius 2 is 1.86 bits per heavy atom. The Bertz CT molecular complexity index is 703. The van der Waals surface area contributed by atoms with Crippen LogP contribution >= 0.6 is 0 Å². The molecule has 7 nitrogen and oxygen atoms in total. The van der Waals surface area contributed by atoms with Crippen molar-refractivity contribution in [3.63, 3.8) is 0 Å². The van der Waals surface area contributed by atoms with Gasteiger partial charge >= 0.3 is 0 Å². The number of hydrogen-bond donors (Lipinski definition) is 0. The number of nitriles is 1. The van der Waals surface area contributed by atoms with Gasteiger partial charge in [-0.15, -0.1) is 5.10 Å². The van der Waals surface area contributed by atoms with Crippen LogP contribution < -0.4 is 4.90 Å². The molecule has 120 valence electrons. The van der Waals surface area contributed by atoms with Crippen LogP contribution in [0.5, 0.6) is 0 Å². The lowest BCUT2D eigenvalue weighted by molar-refractivity contribution is 0.313. The summed E-state index contributed by atoms with van der Waals surface area (Å²) in [5.74, 6) is 0.603. The van der Waals surface area contributed by atoms with Gasteiger partial charge in [-0.05, 0) is 32.3 Å². The smallest absolute Gasteiger partial charge is 0.211 e. The van der Waals surface area contributed by atoms with E-state index in [1.165, 1.54) is 10.6 Å². The summed E-state index contributed by atoms with van der Waals surface area (Å²) >= 11 is 0. The number of aromatic nitrogens is 2. The van der Waals surface area contributed by atoms with Gasteiger partial charge < -0.3 is 4.90 Å². The number of aryl methyl sites for hydroxylation is 1. The average molecular weight is 323 g/mol. The fourth-order valence-corrected chi connectivity index (χ4v) is 3.42. The molecule has 1 fully saturated rings. The molecule has 0 radical (unpaired) electrons. The van der Waals surface area contributed by atoms with Crippen molar-refractivity contribution in [2.24, 2.45) is 0 Å². The number of piperidine rings is 1. The normalized spacial score (nSPS) is 16.8. The van der Waals surface area contributed by atoms with Crippen molar-refractivity contribution in [1.82, 2.24) is 14.5 Å². The number of rotatable bonds is 3. The number of hydrogen-bond acceptors (Lipinski definition) is 6. The van der Waals surface area contributed by atoms with Gasteiger partial charge in [0, 0.05) is 26.2 Å². The summed E-state index contributed by atoms with van der Waals surface area (Å²) in [6.07, 6.45) is 2.65. The molecule has 0 atom stereocenters. The molecule has 0 aliphatic carbocycles. The summed E-state index contributed by atoms with van der Waals surface area (Å²) in [7, 11) is -1.56. The summed E-state index contributed by atoms with van der Waals surface area (Å²) < 4.78 is 24.7. The second-order valence-electron chi connectivity index (χ2n) is 5.72.